The summed E-state index contributed by atoms with van der Waals surface area (Å²) in [7, 11) is 0. The maximum atomic E-state index is 13.2. The van der Waals surface area contributed by atoms with Crippen molar-refractivity contribution in [2.24, 2.45) is 23.3 Å². The zero-order valence-electron chi connectivity index (χ0n) is 21.3. The Hall–Kier alpha value is -3.47. The first-order valence-electron chi connectivity index (χ1n) is 12.1. The minimum atomic E-state index is -1.21. The van der Waals surface area contributed by atoms with Crippen LogP contribution >= 0.6 is 0 Å². The van der Waals surface area contributed by atoms with Crippen LogP contribution in [0.2, 0.25) is 0 Å². The van der Waals surface area contributed by atoms with Gasteiger partial charge in [-0.25, -0.2) is 4.79 Å². The first kappa shape index (κ1) is 30.6. The Morgan fingerprint density at radius 2 is 1.47 bits per heavy atom. The van der Waals surface area contributed by atoms with Crippen LogP contribution in [-0.4, -0.2) is 58.9 Å². The summed E-state index contributed by atoms with van der Waals surface area (Å²) < 4.78 is 0. The minimum Gasteiger partial charge on any atom is -0.480 e. The number of rotatable bonds is 15. The molecule has 0 fully saturated rings. The quantitative estimate of drug-likeness (QED) is 0.194. The van der Waals surface area contributed by atoms with Crippen molar-refractivity contribution in [1.82, 2.24) is 16.0 Å². The summed E-state index contributed by atoms with van der Waals surface area (Å²) in [4.78, 5) is 61.6. The van der Waals surface area contributed by atoms with Crippen LogP contribution in [-0.2, 0) is 30.4 Å². The highest BCUT2D eigenvalue weighted by Gasteiger charge is 2.33. The second kappa shape index (κ2) is 14.8. The number of amides is 4. The fraction of sp³-hybridized carbons (Fsp3) is 0.560. The van der Waals surface area contributed by atoms with Gasteiger partial charge in [0.25, 0.3) is 0 Å². The van der Waals surface area contributed by atoms with E-state index in [0.717, 1.165) is 5.56 Å². The van der Waals surface area contributed by atoms with Gasteiger partial charge in [-0.05, 0) is 23.8 Å². The lowest BCUT2D eigenvalue weighted by Crippen LogP contribution is -2.59. The second-order valence-electron chi connectivity index (χ2n) is 9.43. The Morgan fingerprint density at radius 1 is 0.889 bits per heavy atom. The molecule has 0 bridgehead atoms. The van der Waals surface area contributed by atoms with E-state index in [-0.39, 0.29) is 31.1 Å². The maximum absolute atomic E-state index is 13.2. The molecule has 0 aliphatic rings. The normalized spacial score (nSPS) is 15.2. The molecule has 0 aromatic heterocycles. The van der Waals surface area contributed by atoms with Crippen molar-refractivity contribution in [2.75, 3.05) is 0 Å². The molecule has 0 saturated carbocycles. The number of hydrogen-bond donors (Lipinski definition) is 6. The number of nitrogens with two attached hydrogens (primary N) is 2. The van der Waals surface area contributed by atoms with Crippen molar-refractivity contribution in [1.29, 1.82) is 0 Å². The molecule has 36 heavy (non-hydrogen) atoms. The number of benzene rings is 1. The van der Waals surface area contributed by atoms with Crippen LogP contribution in [0.3, 0.4) is 0 Å². The number of primary amides is 1. The molecule has 200 valence electrons. The van der Waals surface area contributed by atoms with E-state index in [0.29, 0.717) is 6.42 Å². The van der Waals surface area contributed by atoms with Crippen LogP contribution in [0.25, 0.3) is 0 Å². The monoisotopic (exact) mass is 505 g/mol. The summed E-state index contributed by atoms with van der Waals surface area (Å²) in [6, 6.07) is 4.42. The van der Waals surface area contributed by atoms with Crippen LogP contribution in [0.1, 0.15) is 52.5 Å². The molecule has 4 amide bonds. The standard InChI is InChI=1S/C25H39N5O6/c1-5-15(4)21(24(34)29-19(25(35)36)12-16-9-7-6-8-10-16)30-23(33)18(11-14(2)3)28-22(32)17(26)13-20(27)31/h6-10,14-15,17-19,21H,5,11-13,26H2,1-4H3,(H2,27,31)(H,28,32)(H,29,34)(H,30,33)(H,35,36). The van der Waals surface area contributed by atoms with Crippen molar-refractivity contribution in [2.45, 2.75) is 77.5 Å². The molecule has 0 saturated heterocycles. The summed E-state index contributed by atoms with van der Waals surface area (Å²) in [5.41, 5.74) is 11.5. The molecule has 5 atom stereocenters. The van der Waals surface area contributed by atoms with Crippen molar-refractivity contribution in [3.05, 3.63) is 35.9 Å². The van der Waals surface area contributed by atoms with Gasteiger partial charge in [0, 0.05) is 6.42 Å². The topological polar surface area (TPSA) is 194 Å². The van der Waals surface area contributed by atoms with Gasteiger partial charge >= 0.3 is 5.97 Å². The fourth-order valence-electron chi connectivity index (χ4n) is 3.56. The average Bonchev–Trinajstić information content (AvgIpc) is 2.80. The van der Waals surface area contributed by atoms with Crippen LogP contribution in [0.5, 0.6) is 0 Å². The Balaban J connectivity index is 3.03. The van der Waals surface area contributed by atoms with E-state index >= 15 is 0 Å². The number of nitrogens with one attached hydrogen (secondary N) is 3. The Morgan fingerprint density at radius 3 is 1.97 bits per heavy atom. The van der Waals surface area contributed by atoms with E-state index in [1.807, 2.05) is 20.8 Å². The molecule has 11 nitrogen and oxygen atoms in total. The largest absolute Gasteiger partial charge is 0.480 e. The summed E-state index contributed by atoms with van der Waals surface area (Å²) in [6.07, 6.45) is 0.478. The van der Waals surface area contributed by atoms with Crippen LogP contribution in [0.15, 0.2) is 30.3 Å². The first-order chi connectivity index (χ1) is 16.8. The van der Waals surface area contributed by atoms with Gasteiger partial charge in [-0.15, -0.1) is 0 Å². The van der Waals surface area contributed by atoms with Crippen molar-refractivity contribution in [3.63, 3.8) is 0 Å². The highest BCUT2D eigenvalue weighted by molar-refractivity contribution is 5.95. The lowest BCUT2D eigenvalue weighted by Gasteiger charge is -2.28. The Kier molecular flexibility index (Phi) is 12.6. The molecule has 5 unspecified atom stereocenters. The van der Waals surface area contributed by atoms with Crippen molar-refractivity contribution < 1.29 is 29.1 Å². The third-order valence-corrected chi connectivity index (χ3v) is 5.79. The molecule has 0 aliphatic heterocycles. The van der Waals surface area contributed by atoms with Crippen molar-refractivity contribution in [3.8, 4) is 0 Å². The van der Waals surface area contributed by atoms with E-state index in [4.69, 9.17) is 11.5 Å². The Bertz CT molecular complexity index is 907. The van der Waals surface area contributed by atoms with Gasteiger partial charge < -0.3 is 32.5 Å². The summed E-state index contributed by atoms with van der Waals surface area (Å²) >= 11 is 0. The maximum Gasteiger partial charge on any atom is 0.326 e. The summed E-state index contributed by atoms with van der Waals surface area (Å²) in [5, 5.41) is 17.4. The van der Waals surface area contributed by atoms with Gasteiger partial charge in [0.05, 0.1) is 12.5 Å². The lowest BCUT2D eigenvalue weighted by atomic mass is 9.96. The van der Waals surface area contributed by atoms with E-state index in [1.165, 1.54) is 0 Å². The van der Waals surface area contributed by atoms with Crippen LogP contribution in [0.4, 0.5) is 0 Å². The zero-order chi connectivity index (χ0) is 27.4. The third-order valence-electron chi connectivity index (χ3n) is 5.79. The van der Waals surface area contributed by atoms with Crippen LogP contribution < -0.4 is 27.4 Å². The second-order valence-corrected chi connectivity index (χ2v) is 9.43. The number of hydrogen-bond acceptors (Lipinski definition) is 6. The molecule has 11 heteroatoms. The molecular formula is C25H39N5O6. The SMILES string of the molecule is CCC(C)C(NC(=O)C(CC(C)C)NC(=O)C(N)CC(N)=O)C(=O)NC(Cc1ccccc1)C(=O)O. The number of aliphatic carboxylic acids is 1. The molecule has 0 aliphatic carbocycles. The molecule has 1 rings (SSSR count). The Labute approximate surface area is 211 Å². The van der Waals surface area contributed by atoms with E-state index in [1.54, 1.807) is 37.3 Å². The number of carbonyl (C=O) groups is 5. The molecular weight excluding hydrogens is 466 g/mol. The minimum absolute atomic E-state index is 0.00607. The molecule has 1 aromatic carbocycles. The fourth-order valence-corrected chi connectivity index (χ4v) is 3.56. The van der Waals surface area contributed by atoms with Gasteiger partial charge in [-0.2, -0.15) is 0 Å². The highest BCUT2D eigenvalue weighted by Crippen LogP contribution is 2.12. The lowest BCUT2D eigenvalue weighted by molar-refractivity contribution is -0.142. The van der Waals surface area contributed by atoms with Crippen LogP contribution in [0, 0.1) is 11.8 Å². The average molecular weight is 506 g/mol. The number of carbonyl (C=O) groups excluding carboxylic acids is 4. The molecule has 0 heterocycles. The smallest absolute Gasteiger partial charge is 0.326 e. The predicted octanol–water partition coefficient (Wildman–Crippen LogP) is 0.0630. The van der Waals surface area contributed by atoms with Gasteiger partial charge in [-0.3, -0.25) is 19.2 Å². The molecule has 1 aromatic rings. The van der Waals surface area contributed by atoms with E-state index in [9.17, 15) is 29.1 Å². The van der Waals surface area contributed by atoms with Gasteiger partial charge in [0.1, 0.15) is 18.1 Å². The molecule has 0 radical (unpaired) electrons. The van der Waals surface area contributed by atoms with E-state index in [2.05, 4.69) is 16.0 Å². The predicted molar refractivity (Wildman–Crippen MR) is 134 cm³/mol. The zero-order valence-corrected chi connectivity index (χ0v) is 21.3. The number of carboxylic acid groups (broad SMARTS) is 1. The summed E-state index contributed by atoms with van der Waals surface area (Å²) in [6.45, 7) is 7.31. The van der Waals surface area contributed by atoms with Crippen molar-refractivity contribution >= 4 is 29.6 Å². The van der Waals surface area contributed by atoms with Gasteiger partial charge in [0.2, 0.25) is 23.6 Å². The molecule has 0 spiro atoms. The molecule has 8 N–H and O–H groups in total. The summed E-state index contributed by atoms with van der Waals surface area (Å²) in [5.74, 6) is -4.23. The number of carboxylic acids is 1. The third kappa shape index (κ3) is 10.4. The van der Waals surface area contributed by atoms with Gasteiger partial charge in [-0.1, -0.05) is 64.4 Å². The highest BCUT2D eigenvalue weighted by atomic mass is 16.4. The van der Waals surface area contributed by atoms with E-state index < -0.39 is 53.8 Å². The van der Waals surface area contributed by atoms with Gasteiger partial charge in [0.15, 0.2) is 0 Å². The first-order valence-corrected chi connectivity index (χ1v) is 12.1.